The van der Waals surface area contributed by atoms with Gasteiger partial charge in [-0.3, -0.25) is 4.98 Å². The molecule has 0 saturated carbocycles. The van der Waals surface area contributed by atoms with Crippen LogP contribution >= 0.6 is 11.3 Å². The topological polar surface area (TPSA) is 100 Å². The summed E-state index contributed by atoms with van der Waals surface area (Å²) in [6.45, 7) is 0. The number of aromatic nitrogens is 5. The highest BCUT2D eigenvalue weighted by Gasteiger charge is 2.17. The lowest BCUT2D eigenvalue weighted by atomic mass is 10.2. The number of pyridine rings is 1. The summed E-state index contributed by atoms with van der Waals surface area (Å²) in [7, 11) is 3.12. The maximum atomic E-state index is 6.07. The second-order valence-corrected chi connectivity index (χ2v) is 6.03. The first kappa shape index (κ1) is 15.3. The molecule has 0 fully saturated rings. The number of nitrogens with zero attached hydrogens (tertiary/aromatic N) is 5. The van der Waals surface area contributed by atoms with Crippen LogP contribution in [-0.4, -0.2) is 38.8 Å². The van der Waals surface area contributed by atoms with Gasteiger partial charge in [0.2, 0.25) is 0 Å². The summed E-state index contributed by atoms with van der Waals surface area (Å²) >= 11 is 1.49. The molecular formula is C16H14N6O2S. The SMILES string of the molecule is COc1cc(-c2ccn3nc(N)c(-c4cncs4)c3n2)cnc1OC. The molecular weight excluding hydrogens is 340 g/mol. The quantitative estimate of drug-likeness (QED) is 0.601. The lowest BCUT2D eigenvalue weighted by molar-refractivity contribution is 0.343. The lowest BCUT2D eigenvalue weighted by Gasteiger charge is -2.08. The summed E-state index contributed by atoms with van der Waals surface area (Å²) < 4.78 is 12.1. The van der Waals surface area contributed by atoms with Crippen LogP contribution in [0.5, 0.6) is 11.6 Å². The third-order valence-corrected chi connectivity index (χ3v) is 4.51. The Kier molecular flexibility index (Phi) is 3.69. The minimum absolute atomic E-state index is 0.416. The highest BCUT2D eigenvalue weighted by molar-refractivity contribution is 7.13. The second kappa shape index (κ2) is 6.02. The normalized spacial score (nSPS) is 11.0. The largest absolute Gasteiger partial charge is 0.491 e. The molecule has 2 N–H and O–H groups in total. The van der Waals surface area contributed by atoms with Crippen molar-refractivity contribution in [2.45, 2.75) is 0 Å². The number of rotatable bonds is 4. The maximum Gasteiger partial charge on any atom is 0.256 e. The van der Waals surface area contributed by atoms with Crippen LogP contribution in [0.15, 0.2) is 36.2 Å². The van der Waals surface area contributed by atoms with Gasteiger partial charge < -0.3 is 15.2 Å². The van der Waals surface area contributed by atoms with E-state index in [-0.39, 0.29) is 0 Å². The molecule has 0 saturated heterocycles. The van der Waals surface area contributed by atoms with Crippen LogP contribution in [0.4, 0.5) is 5.82 Å². The van der Waals surface area contributed by atoms with Crippen molar-refractivity contribution in [3.63, 3.8) is 0 Å². The Morgan fingerprint density at radius 1 is 1.20 bits per heavy atom. The zero-order valence-corrected chi connectivity index (χ0v) is 14.3. The monoisotopic (exact) mass is 354 g/mol. The lowest BCUT2D eigenvalue weighted by Crippen LogP contribution is -1.96. The molecule has 0 unspecified atom stereocenters. The van der Waals surface area contributed by atoms with E-state index in [1.165, 1.54) is 11.3 Å². The molecule has 0 amide bonds. The third-order valence-electron chi connectivity index (χ3n) is 3.72. The molecule has 0 atom stereocenters. The number of fused-ring (bicyclic) bond motifs is 1. The number of hydrogen-bond donors (Lipinski definition) is 1. The Morgan fingerprint density at radius 3 is 2.80 bits per heavy atom. The average molecular weight is 354 g/mol. The number of ether oxygens (including phenoxy) is 2. The van der Waals surface area contributed by atoms with Crippen molar-refractivity contribution in [3.05, 3.63) is 36.2 Å². The summed E-state index contributed by atoms with van der Waals surface area (Å²) in [5.41, 5.74) is 10.8. The first-order valence-electron chi connectivity index (χ1n) is 7.33. The fourth-order valence-electron chi connectivity index (χ4n) is 2.55. The van der Waals surface area contributed by atoms with E-state index in [0.717, 1.165) is 21.7 Å². The molecule has 25 heavy (non-hydrogen) atoms. The van der Waals surface area contributed by atoms with Gasteiger partial charge in [0, 0.05) is 24.2 Å². The fraction of sp³-hybridized carbons (Fsp3) is 0.125. The molecule has 4 heterocycles. The van der Waals surface area contributed by atoms with E-state index in [0.29, 0.717) is 23.1 Å². The van der Waals surface area contributed by atoms with E-state index in [1.54, 1.807) is 36.6 Å². The van der Waals surface area contributed by atoms with Crippen molar-refractivity contribution in [1.82, 2.24) is 24.6 Å². The predicted octanol–water partition coefficient (Wildman–Crippen LogP) is 2.51. The van der Waals surface area contributed by atoms with Gasteiger partial charge in [0.25, 0.3) is 5.88 Å². The Bertz CT molecular complexity index is 1040. The summed E-state index contributed by atoms with van der Waals surface area (Å²) in [6, 6.07) is 3.68. The second-order valence-electron chi connectivity index (χ2n) is 5.14. The molecule has 4 aromatic heterocycles. The van der Waals surface area contributed by atoms with Crippen LogP contribution in [0.3, 0.4) is 0 Å². The van der Waals surface area contributed by atoms with Gasteiger partial charge in [0.1, 0.15) is 0 Å². The molecule has 8 nitrogen and oxygen atoms in total. The summed E-state index contributed by atoms with van der Waals surface area (Å²) in [5, 5.41) is 4.32. The molecule has 0 bridgehead atoms. The molecule has 0 aliphatic rings. The first-order chi connectivity index (χ1) is 12.2. The van der Waals surface area contributed by atoms with Crippen molar-refractivity contribution in [3.8, 4) is 33.3 Å². The van der Waals surface area contributed by atoms with Crippen molar-refractivity contribution in [1.29, 1.82) is 0 Å². The number of nitrogens with two attached hydrogens (primary N) is 1. The molecule has 126 valence electrons. The van der Waals surface area contributed by atoms with Crippen molar-refractivity contribution < 1.29 is 9.47 Å². The highest BCUT2D eigenvalue weighted by atomic mass is 32.1. The van der Waals surface area contributed by atoms with Crippen LogP contribution < -0.4 is 15.2 Å². The number of thiazole rings is 1. The summed E-state index contributed by atoms with van der Waals surface area (Å²) in [4.78, 5) is 14.0. The molecule has 9 heteroatoms. The predicted molar refractivity (Wildman–Crippen MR) is 94.8 cm³/mol. The van der Waals surface area contributed by atoms with E-state index in [1.807, 2.05) is 18.3 Å². The van der Waals surface area contributed by atoms with E-state index in [2.05, 4.69) is 15.1 Å². The minimum Gasteiger partial charge on any atom is -0.491 e. The Balaban J connectivity index is 1.88. The van der Waals surface area contributed by atoms with Crippen molar-refractivity contribution >= 4 is 22.8 Å². The first-order valence-corrected chi connectivity index (χ1v) is 8.21. The average Bonchev–Trinajstić information content (AvgIpc) is 3.26. The van der Waals surface area contributed by atoms with Gasteiger partial charge in [0.15, 0.2) is 17.2 Å². The molecule has 4 aromatic rings. The summed E-state index contributed by atoms with van der Waals surface area (Å²) in [6.07, 6.45) is 5.26. The summed E-state index contributed by atoms with van der Waals surface area (Å²) in [5.74, 6) is 1.38. The van der Waals surface area contributed by atoms with Crippen LogP contribution in [0.25, 0.3) is 27.3 Å². The van der Waals surface area contributed by atoms with Crippen molar-refractivity contribution in [2.24, 2.45) is 0 Å². The Morgan fingerprint density at radius 2 is 2.08 bits per heavy atom. The van der Waals surface area contributed by atoms with Gasteiger partial charge in [-0.15, -0.1) is 16.4 Å². The van der Waals surface area contributed by atoms with Crippen LogP contribution in [0, 0.1) is 0 Å². The van der Waals surface area contributed by atoms with E-state index in [4.69, 9.17) is 20.2 Å². The minimum atomic E-state index is 0.416. The van der Waals surface area contributed by atoms with Gasteiger partial charge in [-0.1, -0.05) is 0 Å². The molecule has 0 aromatic carbocycles. The highest BCUT2D eigenvalue weighted by Crippen LogP contribution is 2.34. The third kappa shape index (κ3) is 2.54. The van der Waals surface area contributed by atoms with Crippen LogP contribution in [0.2, 0.25) is 0 Å². The Hall–Kier alpha value is -3.20. The molecule has 0 aliphatic heterocycles. The Labute approximate surface area is 146 Å². The van der Waals surface area contributed by atoms with Gasteiger partial charge in [-0.05, 0) is 12.1 Å². The van der Waals surface area contributed by atoms with Gasteiger partial charge in [0.05, 0.1) is 35.9 Å². The van der Waals surface area contributed by atoms with E-state index < -0.39 is 0 Å². The fourth-order valence-corrected chi connectivity index (χ4v) is 3.22. The van der Waals surface area contributed by atoms with Gasteiger partial charge >= 0.3 is 0 Å². The molecule has 0 aliphatic carbocycles. The zero-order valence-electron chi connectivity index (χ0n) is 13.5. The smallest absolute Gasteiger partial charge is 0.256 e. The van der Waals surface area contributed by atoms with E-state index >= 15 is 0 Å². The van der Waals surface area contributed by atoms with Crippen LogP contribution in [0.1, 0.15) is 0 Å². The maximum absolute atomic E-state index is 6.07. The molecule has 0 radical (unpaired) electrons. The van der Waals surface area contributed by atoms with E-state index in [9.17, 15) is 0 Å². The zero-order chi connectivity index (χ0) is 17.4. The number of anilines is 1. The van der Waals surface area contributed by atoms with Crippen LogP contribution in [-0.2, 0) is 0 Å². The number of hydrogen-bond acceptors (Lipinski definition) is 8. The number of methoxy groups -OCH3 is 2. The van der Waals surface area contributed by atoms with Gasteiger partial charge in [-0.25, -0.2) is 14.5 Å². The standard InChI is InChI=1S/C16H14N6O2S/c1-23-11-5-9(6-19-16(11)24-2)10-3-4-22-15(20-10)13(14(17)21-22)12-7-18-8-25-12/h3-8H,1-2H3,(H2,17,21). The molecule has 0 spiro atoms. The molecule has 4 rings (SSSR count). The van der Waals surface area contributed by atoms with Gasteiger partial charge in [-0.2, -0.15) is 0 Å². The van der Waals surface area contributed by atoms with Crippen molar-refractivity contribution in [2.75, 3.05) is 20.0 Å². The number of nitrogen functional groups attached to an aromatic ring is 1.